The highest BCUT2D eigenvalue weighted by Crippen LogP contribution is 2.56. The summed E-state index contributed by atoms with van der Waals surface area (Å²) in [6.07, 6.45) is 1.65. The number of fused-ring (bicyclic) bond motifs is 2. The number of nitrogens with one attached hydrogen (secondary N) is 1. The third-order valence-corrected chi connectivity index (χ3v) is 5.70. The Hall–Kier alpha value is -2.60. The number of methoxy groups -OCH3 is 2. The average molecular weight is 356 g/mol. The Morgan fingerprint density at radius 3 is 2.62 bits per heavy atom. The van der Waals surface area contributed by atoms with Gasteiger partial charge < -0.3 is 25.0 Å². The first kappa shape index (κ1) is 16.8. The normalized spacial score (nSPS) is 18.1. The molecule has 1 unspecified atom stereocenters. The summed E-state index contributed by atoms with van der Waals surface area (Å²) in [5.41, 5.74) is 5.94. The standard InChI is InChI=1S/C20H24N2O4/c1-21-18-11-5-6-22(2)13-7-10-8-14(23)15(25-3)9-12(10)17(16(11)13)20(26-4)19(18)24/h8-9,13,21,23-24H,5-7H2,1-4H3. The summed E-state index contributed by atoms with van der Waals surface area (Å²) in [6, 6.07) is 3.78. The van der Waals surface area contributed by atoms with Crippen molar-refractivity contribution in [1.29, 1.82) is 0 Å². The van der Waals surface area contributed by atoms with Crippen LogP contribution >= 0.6 is 0 Å². The average Bonchev–Trinajstić information content (AvgIpc) is 2.63. The van der Waals surface area contributed by atoms with Gasteiger partial charge in [-0.2, -0.15) is 0 Å². The van der Waals surface area contributed by atoms with Gasteiger partial charge in [-0.1, -0.05) is 0 Å². The molecule has 1 aliphatic carbocycles. The zero-order chi connectivity index (χ0) is 18.6. The van der Waals surface area contributed by atoms with Crippen molar-refractivity contribution in [2.24, 2.45) is 0 Å². The van der Waals surface area contributed by atoms with Crippen molar-refractivity contribution in [2.45, 2.75) is 18.9 Å². The molecule has 1 aliphatic heterocycles. The molecule has 2 aliphatic rings. The van der Waals surface area contributed by atoms with Gasteiger partial charge in [-0.25, -0.2) is 0 Å². The molecule has 1 heterocycles. The number of rotatable bonds is 3. The molecule has 1 atom stereocenters. The van der Waals surface area contributed by atoms with E-state index in [4.69, 9.17) is 9.47 Å². The topological polar surface area (TPSA) is 74.2 Å². The van der Waals surface area contributed by atoms with Crippen LogP contribution in [0, 0.1) is 0 Å². The molecule has 6 heteroatoms. The molecule has 0 aromatic heterocycles. The van der Waals surface area contributed by atoms with Crippen LogP contribution in [-0.4, -0.2) is 50.0 Å². The minimum atomic E-state index is 0.128. The Kier molecular flexibility index (Phi) is 3.88. The van der Waals surface area contributed by atoms with E-state index in [0.29, 0.717) is 11.5 Å². The lowest BCUT2D eigenvalue weighted by Gasteiger charge is -2.41. The lowest BCUT2D eigenvalue weighted by Crippen LogP contribution is -2.36. The van der Waals surface area contributed by atoms with Crippen LogP contribution in [0.4, 0.5) is 5.69 Å². The van der Waals surface area contributed by atoms with Crippen LogP contribution in [0.1, 0.15) is 22.7 Å². The van der Waals surface area contributed by atoms with Crippen molar-refractivity contribution in [2.75, 3.05) is 40.2 Å². The summed E-state index contributed by atoms with van der Waals surface area (Å²) < 4.78 is 11.0. The predicted molar refractivity (Wildman–Crippen MR) is 101 cm³/mol. The summed E-state index contributed by atoms with van der Waals surface area (Å²) in [7, 11) is 7.05. The smallest absolute Gasteiger partial charge is 0.182 e. The van der Waals surface area contributed by atoms with Gasteiger partial charge in [0.2, 0.25) is 0 Å². The van der Waals surface area contributed by atoms with Gasteiger partial charge in [0.05, 0.1) is 19.9 Å². The summed E-state index contributed by atoms with van der Waals surface area (Å²) in [5, 5.41) is 24.3. The van der Waals surface area contributed by atoms with Crippen LogP contribution in [0.25, 0.3) is 11.1 Å². The van der Waals surface area contributed by atoms with Gasteiger partial charge in [0.1, 0.15) is 0 Å². The molecule has 0 spiro atoms. The Balaban J connectivity index is 2.12. The molecular weight excluding hydrogens is 332 g/mol. The number of phenols is 2. The van der Waals surface area contributed by atoms with E-state index in [1.807, 2.05) is 13.1 Å². The van der Waals surface area contributed by atoms with E-state index in [1.54, 1.807) is 13.2 Å². The maximum Gasteiger partial charge on any atom is 0.182 e. The summed E-state index contributed by atoms with van der Waals surface area (Å²) in [5.74, 6) is 1.14. The minimum absolute atomic E-state index is 0.128. The first-order valence-corrected chi connectivity index (χ1v) is 8.75. The molecule has 2 aromatic rings. The number of likely N-dealkylation sites (N-methyl/N-ethyl adjacent to an activating group) is 1. The second-order valence-electron chi connectivity index (χ2n) is 6.91. The van der Waals surface area contributed by atoms with Crippen molar-refractivity contribution in [1.82, 2.24) is 4.90 Å². The van der Waals surface area contributed by atoms with E-state index in [0.717, 1.165) is 47.3 Å². The number of phenolic OH excluding ortho intramolecular Hbond substituents is 2. The maximum atomic E-state index is 10.9. The second kappa shape index (κ2) is 5.99. The van der Waals surface area contributed by atoms with Gasteiger partial charge in [-0.05, 0) is 54.3 Å². The number of hydrogen-bond donors (Lipinski definition) is 3. The van der Waals surface area contributed by atoms with E-state index in [2.05, 4.69) is 17.3 Å². The highest BCUT2D eigenvalue weighted by Gasteiger charge is 2.38. The number of aromatic hydroxyl groups is 2. The first-order chi connectivity index (χ1) is 12.5. The Morgan fingerprint density at radius 2 is 1.96 bits per heavy atom. The fourth-order valence-corrected chi connectivity index (χ4v) is 4.45. The van der Waals surface area contributed by atoms with Crippen molar-refractivity contribution >= 4 is 5.69 Å². The minimum Gasteiger partial charge on any atom is -0.504 e. The van der Waals surface area contributed by atoms with Crippen molar-refractivity contribution in [3.05, 3.63) is 28.8 Å². The Labute approximate surface area is 153 Å². The molecule has 0 bridgehead atoms. The van der Waals surface area contributed by atoms with Gasteiger partial charge in [-0.3, -0.25) is 4.90 Å². The number of hydrogen-bond acceptors (Lipinski definition) is 6. The van der Waals surface area contributed by atoms with Crippen LogP contribution in [0.2, 0.25) is 0 Å². The van der Waals surface area contributed by atoms with Gasteiger partial charge in [0, 0.05) is 25.2 Å². The molecule has 0 fully saturated rings. The molecule has 3 N–H and O–H groups in total. The van der Waals surface area contributed by atoms with Gasteiger partial charge in [0.15, 0.2) is 23.0 Å². The highest BCUT2D eigenvalue weighted by atomic mass is 16.5. The predicted octanol–water partition coefficient (Wildman–Crippen LogP) is 2.91. The van der Waals surface area contributed by atoms with Gasteiger partial charge >= 0.3 is 0 Å². The third-order valence-electron chi connectivity index (χ3n) is 5.70. The molecule has 26 heavy (non-hydrogen) atoms. The zero-order valence-electron chi connectivity index (χ0n) is 15.5. The largest absolute Gasteiger partial charge is 0.504 e. The highest BCUT2D eigenvalue weighted by molar-refractivity contribution is 5.89. The molecule has 0 saturated carbocycles. The van der Waals surface area contributed by atoms with Crippen molar-refractivity contribution < 1.29 is 19.7 Å². The van der Waals surface area contributed by atoms with Crippen molar-refractivity contribution in [3.63, 3.8) is 0 Å². The summed E-state index contributed by atoms with van der Waals surface area (Å²) in [4.78, 5) is 2.33. The van der Waals surface area contributed by atoms with E-state index in [9.17, 15) is 10.2 Å². The zero-order valence-corrected chi connectivity index (χ0v) is 15.5. The molecule has 4 rings (SSSR count). The van der Waals surface area contributed by atoms with E-state index in [1.165, 1.54) is 12.7 Å². The van der Waals surface area contributed by atoms with Gasteiger partial charge in [0.25, 0.3) is 0 Å². The number of benzene rings is 2. The Morgan fingerprint density at radius 1 is 1.19 bits per heavy atom. The SMILES string of the molecule is CNc1c(O)c(OC)c2c3c1CCN(C)C3Cc1cc(O)c(OC)cc1-2. The quantitative estimate of drug-likeness (QED) is 0.735. The molecule has 0 amide bonds. The lowest BCUT2D eigenvalue weighted by molar-refractivity contribution is 0.227. The van der Waals surface area contributed by atoms with Crippen LogP contribution in [0.5, 0.6) is 23.0 Å². The number of ether oxygens (including phenoxy) is 2. The second-order valence-corrected chi connectivity index (χ2v) is 6.91. The van der Waals surface area contributed by atoms with Crippen LogP contribution < -0.4 is 14.8 Å². The lowest BCUT2D eigenvalue weighted by atomic mass is 9.75. The van der Waals surface area contributed by atoms with Crippen molar-refractivity contribution in [3.8, 4) is 34.1 Å². The van der Waals surface area contributed by atoms with Crippen LogP contribution in [-0.2, 0) is 12.8 Å². The first-order valence-electron chi connectivity index (χ1n) is 8.75. The Bertz CT molecular complexity index is 894. The monoisotopic (exact) mass is 356 g/mol. The third kappa shape index (κ3) is 2.15. The fourth-order valence-electron chi connectivity index (χ4n) is 4.45. The fraction of sp³-hybridized carbons (Fsp3) is 0.400. The molecular formula is C20H24N2O4. The number of anilines is 1. The maximum absolute atomic E-state index is 10.9. The molecule has 0 radical (unpaired) electrons. The number of nitrogens with zero attached hydrogens (tertiary/aromatic N) is 1. The molecule has 2 aromatic carbocycles. The molecule has 138 valence electrons. The van der Waals surface area contributed by atoms with E-state index in [-0.39, 0.29) is 17.5 Å². The summed E-state index contributed by atoms with van der Waals surface area (Å²) in [6.45, 7) is 0.912. The molecule has 0 saturated heterocycles. The van der Waals surface area contributed by atoms with Crippen LogP contribution in [0.15, 0.2) is 12.1 Å². The molecule has 6 nitrogen and oxygen atoms in total. The van der Waals surface area contributed by atoms with Gasteiger partial charge in [-0.15, -0.1) is 0 Å². The van der Waals surface area contributed by atoms with E-state index >= 15 is 0 Å². The van der Waals surface area contributed by atoms with E-state index < -0.39 is 0 Å². The van der Waals surface area contributed by atoms with Crippen LogP contribution in [0.3, 0.4) is 0 Å². The summed E-state index contributed by atoms with van der Waals surface area (Å²) >= 11 is 0.